The van der Waals surface area contributed by atoms with E-state index in [0.29, 0.717) is 0 Å². The van der Waals surface area contributed by atoms with Crippen LogP contribution in [0.15, 0.2) is 42.6 Å². The number of rotatable bonds is 3. The number of nitrogens with one attached hydrogen (secondary N) is 1. The van der Waals surface area contributed by atoms with Gasteiger partial charge in [0.05, 0.1) is 5.69 Å². The number of nitrogens with zero attached hydrogens (tertiary/aromatic N) is 3. The summed E-state index contributed by atoms with van der Waals surface area (Å²) in [6, 6.07) is 12.0. The Bertz CT molecular complexity index is 674. The smallest absolute Gasteiger partial charge is 0.321 e. The number of carbonyl (C=O) groups excluding carboxylic acids is 1. The van der Waals surface area contributed by atoms with Crippen LogP contribution in [0.1, 0.15) is 16.8 Å². The molecule has 1 fully saturated rings. The van der Waals surface area contributed by atoms with Gasteiger partial charge in [0.2, 0.25) is 0 Å². The van der Waals surface area contributed by atoms with E-state index in [0.717, 1.165) is 55.2 Å². The van der Waals surface area contributed by atoms with E-state index in [9.17, 15) is 4.79 Å². The molecule has 1 aromatic carbocycles. The van der Waals surface area contributed by atoms with Crippen molar-refractivity contribution in [3.63, 3.8) is 0 Å². The molecule has 3 rings (SSSR count). The number of para-hydroxylation sites is 1. The number of amides is 2. The van der Waals surface area contributed by atoms with Crippen molar-refractivity contribution in [3.05, 3.63) is 59.4 Å². The lowest BCUT2D eigenvalue weighted by Gasteiger charge is -2.34. The lowest BCUT2D eigenvalue weighted by atomic mass is 10.1. The largest absolute Gasteiger partial charge is 0.322 e. The average molecular weight is 324 g/mol. The number of benzene rings is 1. The first-order chi connectivity index (χ1) is 11.6. The minimum atomic E-state index is -0.00936. The Morgan fingerprint density at radius 1 is 1.04 bits per heavy atom. The Morgan fingerprint density at radius 2 is 1.75 bits per heavy atom. The van der Waals surface area contributed by atoms with E-state index in [2.05, 4.69) is 15.2 Å². The molecule has 0 unspecified atom stereocenters. The van der Waals surface area contributed by atoms with Gasteiger partial charge < -0.3 is 10.2 Å². The van der Waals surface area contributed by atoms with Gasteiger partial charge in [-0.2, -0.15) is 0 Å². The van der Waals surface area contributed by atoms with Gasteiger partial charge in [-0.1, -0.05) is 24.3 Å². The number of pyridine rings is 1. The average Bonchev–Trinajstić information content (AvgIpc) is 2.60. The van der Waals surface area contributed by atoms with Crippen LogP contribution in [0, 0.1) is 13.8 Å². The first-order valence-corrected chi connectivity index (χ1v) is 8.38. The third-order valence-electron chi connectivity index (χ3n) is 4.48. The van der Waals surface area contributed by atoms with Crippen molar-refractivity contribution >= 4 is 11.7 Å². The zero-order valence-electron chi connectivity index (χ0n) is 14.3. The van der Waals surface area contributed by atoms with Gasteiger partial charge in [-0.05, 0) is 37.1 Å². The lowest BCUT2D eigenvalue weighted by Crippen LogP contribution is -2.49. The number of anilines is 1. The Balaban J connectivity index is 1.54. The molecule has 2 aromatic rings. The topological polar surface area (TPSA) is 48.5 Å². The molecule has 5 nitrogen and oxygen atoms in total. The summed E-state index contributed by atoms with van der Waals surface area (Å²) < 4.78 is 0. The van der Waals surface area contributed by atoms with Crippen molar-refractivity contribution < 1.29 is 4.79 Å². The van der Waals surface area contributed by atoms with Crippen LogP contribution in [0.25, 0.3) is 0 Å². The molecule has 0 atom stereocenters. The molecule has 2 heterocycles. The number of carbonyl (C=O) groups is 1. The van der Waals surface area contributed by atoms with Gasteiger partial charge in [0, 0.05) is 44.6 Å². The molecule has 2 amide bonds. The normalized spacial score (nSPS) is 15.3. The number of aryl methyl sites for hydroxylation is 2. The number of piperazine rings is 1. The highest BCUT2D eigenvalue weighted by Crippen LogP contribution is 2.20. The van der Waals surface area contributed by atoms with E-state index in [1.165, 1.54) is 0 Å². The van der Waals surface area contributed by atoms with E-state index in [-0.39, 0.29) is 6.03 Å². The van der Waals surface area contributed by atoms with Crippen molar-refractivity contribution in [2.75, 3.05) is 31.5 Å². The van der Waals surface area contributed by atoms with Gasteiger partial charge >= 0.3 is 6.03 Å². The second-order valence-corrected chi connectivity index (χ2v) is 6.28. The quantitative estimate of drug-likeness (QED) is 0.944. The third kappa shape index (κ3) is 3.92. The molecule has 0 aliphatic carbocycles. The maximum Gasteiger partial charge on any atom is 0.321 e. The van der Waals surface area contributed by atoms with Gasteiger partial charge in [-0.15, -0.1) is 0 Å². The summed E-state index contributed by atoms with van der Waals surface area (Å²) in [5, 5.41) is 3.07. The van der Waals surface area contributed by atoms with Crippen molar-refractivity contribution in [1.29, 1.82) is 0 Å². The molecule has 1 N–H and O–H groups in total. The molecular weight excluding hydrogens is 300 g/mol. The molecule has 1 saturated heterocycles. The van der Waals surface area contributed by atoms with E-state index < -0.39 is 0 Å². The maximum atomic E-state index is 12.5. The van der Waals surface area contributed by atoms with Gasteiger partial charge in [-0.25, -0.2) is 4.79 Å². The number of urea groups is 1. The molecule has 0 radical (unpaired) electrons. The predicted molar refractivity (Wildman–Crippen MR) is 96.0 cm³/mol. The second kappa shape index (κ2) is 7.45. The zero-order valence-corrected chi connectivity index (χ0v) is 14.3. The van der Waals surface area contributed by atoms with Crippen molar-refractivity contribution in [3.8, 4) is 0 Å². The minimum absolute atomic E-state index is 0.00936. The summed E-state index contributed by atoms with van der Waals surface area (Å²) in [7, 11) is 0. The Kier molecular flexibility index (Phi) is 5.11. The standard InChI is InChI=1S/C19H24N4O/c1-15-6-5-7-16(2)18(15)21-19(24)23-12-10-22(11-13-23)14-17-8-3-4-9-20-17/h3-9H,10-14H2,1-2H3,(H,21,24). The fourth-order valence-electron chi connectivity index (χ4n) is 3.03. The van der Waals surface area contributed by atoms with E-state index in [1.54, 1.807) is 0 Å². The SMILES string of the molecule is Cc1cccc(C)c1NC(=O)N1CCN(Cc2ccccn2)CC1. The molecule has 0 bridgehead atoms. The summed E-state index contributed by atoms with van der Waals surface area (Å²) in [4.78, 5) is 21.1. The van der Waals surface area contributed by atoms with Gasteiger partial charge in [-0.3, -0.25) is 9.88 Å². The van der Waals surface area contributed by atoms with Crippen molar-refractivity contribution in [2.24, 2.45) is 0 Å². The van der Waals surface area contributed by atoms with Crippen LogP contribution in [0.5, 0.6) is 0 Å². The molecule has 1 aromatic heterocycles. The molecular formula is C19H24N4O. The lowest BCUT2D eigenvalue weighted by molar-refractivity contribution is 0.142. The fourth-order valence-corrected chi connectivity index (χ4v) is 3.03. The minimum Gasteiger partial charge on any atom is -0.322 e. The van der Waals surface area contributed by atoms with Crippen LogP contribution in [0.3, 0.4) is 0 Å². The van der Waals surface area contributed by atoms with E-state index in [1.807, 2.05) is 61.3 Å². The van der Waals surface area contributed by atoms with Gasteiger partial charge in [0.15, 0.2) is 0 Å². The molecule has 0 saturated carbocycles. The second-order valence-electron chi connectivity index (χ2n) is 6.28. The number of aromatic nitrogens is 1. The predicted octanol–water partition coefficient (Wildman–Crippen LogP) is 3.05. The van der Waals surface area contributed by atoms with Gasteiger partial charge in [0.1, 0.15) is 0 Å². The molecule has 24 heavy (non-hydrogen) atoms. The highest BCUT2D eigenvalue weighted by atomic mass is 16.2. The van der Waals surface area contributed by atoms with E-state index in [4.69, 9.17) is 0 Å². The maximum absolute atomic E-state index is 12.5. The first-order valence-electron chi connectivity index (χ1n) is 8.38. The van der Waals surface area contributed by atoms with Crippen LogP contribution < -0.4 is 5.32 Å². The summed E-state index contributed by atoms with van der Waals surface area (Å²) in [5.41, 5.74) is 4.19. The Hall–Kier alpha value is -2.40. The van der Waals surface area contributed by atoms with Crippen molar-refractivity contribution in [1.82, 2.24) is 14.8 Å². The van der Waals surface area contributed by atoms with Gasteiger partial charge in [0.25, 0.3) is 0 Å². The van der Waals surface area contributed by atoms with Crippen LogP contribution >= 0.6 is 0 Å². The van der Waals surface area contributed by atoms with Crippen LogP contribution in [0.4, 0.5) is 10.5 Å². The van der Waals surface area contributed by atoms with E-state index >= 15 is 0 Å². The fraction of sp³-hybridized carbons (Fsp3) is 0.368. The van der Waals surface area contributed by atoms with Crippen LogP contribution in [-0.2, 0) is 6.54 Å². The molecule has 126 valence electrons. The Labute approximate surface area is 143 Å². The molecule has 1 aliphatic rings. The molecule has 1 aliphatic heterocycles. The summed E-state index contributed by atoms with van der Waals surface area (Å²) in [6.07, 6.45) is 1.82. The monoisotopic (exact) mass is 324 g/mol. The first kappa shape index (κ1) is 16.5. The Morgan fingerprint density at radius 3 is 2.38 bits per heavy atom. The highest BCUT2D eigenvalue weighted by molar-refractivity contribution is 5.91. The summed E-state index contributed by atoms with van der Waals surface area (Å²) in [6.45, 7) is 8.11. The van der Waals surface area contributed by atoms with Crippen LogP contribution in [-0.4, -0.2) is 47.0 Å². The number of hydrogen-bond donors (Lipinski definition) is 1. The summed E-state index contributed by atoms with van der Waals surface area (Å²) in [5.74, 6) is 0. The zero-order chi connectivity index (χ0) is 16.9. The highest BCUT2D eigenvalue weighted by Gasteiger charge is 2.22. The molecule has 5 heteroatoms. The number of hydrogen-bond acceptors (Lipinski definition) is 3. The third-order valence-corrected chi connectivity index (χ3v) is 4.48. The summed E-state index contributed by atoms with van der Waals surface area (Å²) >= 11 is 0. The van der Waals surface area contributed by atoms with Crippen LogP contribution in [0.2, 0.25) is 0 Å². The van der Waals surface area contributed by atoms with Crippen molar-refractivity contribution in [2.45, 2.75) is 20.4 Å². The molecule has 0 spiro atoms.